The van der Waals surface area contributed by atoms with Gasteiger partial charge in [-0.15, -0.1) is 5.10 Å². The number of anilines is 1. The van der Waals surface area contributed by atoms with E-state index in [0.717, 1.165) is 12.0 Å². The smallest absolute Gasteiger partial charge is 0.182 e. The highest BCUT2D eigenvalue weighted by atomic mass is 35.5. The Balaban J connectivity index is 2.30. The first kappa shape index (κ1) is 13.8. The Morgan fingerprint density at radius 1 is 1.47 bits per heavy atom. The molecule has 2 N–H and O–H groups in total. The average molecular weight is 282 g/mol. The zero-order chi connectivity index (χ0) is 13.8. The highest BCUT2D eigenvalue weighted by Crippen LogP contribution is 2.27. The fourth-order valence-electron chi connectivity index (χ4n) is 1.76. The maximum absolute atomic E-state index is 6.02. The maximum atomic E-state index is 6.02. The van der Waals surface area contributed by atoms with Crippen LogP contribution in [0, 0.1) is 0 Å². The molecule has 0 fully saturated rings. The molecule has 6 nitrogen and oxygen atoms in total. The van der Waals surface area contributed by atoms with E-state index in [1.165, 1.54) is 0 Å². The Morgan fingerprint density at radius 2 is 2.26 bits per heavy atom. The number of nitrogens with zero attached hydrogens (tertiary/aromatic N) is 4. The molecular formula is C12H16ClN5O. The van der Waals surface area contributed by atoms with E-state index in [4.69, 9.17) is 22.1 Å². The fourth-order valence-corrected chi connectivity index (χ4v) is 1.94. The van der Waals surface area contributed by atoms with Gasteiger partial charge in [0.05, 0.1) is 16.8 Å². The topological polar surface area (TPSA) is 78.8 Å². The molecule has 19 heavy (non-hydrogen) atoms. The van der Waals surface area contributed by atoms with Crippen LogP contribution in [0.1, 0.15) is 19.4 Å². The molecule has 0 aliphatic rings. The minimum Gasteiger partial charge on any atom is -0.398 e. The van der Waals surface area contributed by atoms with Crippen molar-refractivity contribution in [1.82, 2.24) is 20.2 Å². The standard InChI is InChI=1S/C12H16ClN5O/c1-8(5-6-19-2)18-12(15-16-17-18)9-3-4-11(14)10(13)7-9/h3-4,7-8H,5-6,14H2,1-2H3. The summed E-state index contributed by atoms with van der Waals surface area (Å²) in [4.78, 5) is 0. The van der Waals surface area contributed by atoms with E-state index in [9.17, 15) is 0 Å². The van der Waals surface area contributed by atoms with E-state index < -0.39 is 0 Å². The lowest BCUT2D eigenvalue weighted by atomic mass is 10.1. The molecule has 2 aromatic rings. The Kier molecular flexibility index (Phi) is 4.34. The number of ether oxygens (including phenoxy) is 1. The minimum atomic E-state index is 0.140. The van der Waals surface area contributed by atoms with Crippen molar-refractivity contribution in [2.45, 2.75) is 19.4 Å². The Morgan fingerprint density at radius 3 is 2.95 bits per heavy atom. The highest BCUT2D eigenvalue weighted by molar-refractivity contribution is 6.33. The van der Waals surface area contributed by atoms with Gasteiger partial charge in [-0.25, -0.2) is 4.68 Å². The molecule has 0 saturated carbocycles. The first-order valence-corrected chi connectivity index (χ1v) is 6.33. The van der Waals surface area contributed by atoms with Crippen LogP contribution in [-0.4, -0.2) is 33.9 Å². The van der Waals surface area contributed by atoms with Gasteiger partial charge in [0.1, 0.15) is 0 Å². The predicted molar refractivity (Wildman–Crippen MR) is 73.9 cm³/mol. The van der Waals surface area contributed by atoms with Crippen LogP contribution < -0.4 is 5.73 Å². The van der Waals surface area contributed by atoms with E-state index in [-0.39, 0.29) is 6.04 Å². The summed E-state index contributed by atoms with van der Waals surface area (Å²) in [6.45, 7) is 2.70. The third-order valence-electron chi connectivity index (χ3n) is 2.91. The first-order chi connectivity index (χ1) is 9.13. The molecule has 1 atom stereocenters. The Bertz CT molecular complexity index is 557. The average Bonchev–Trinajstić information content (AvgIpc) is 2.88. The van der Waals surface area contributed by atoms with Crippen molar-refractivity contribution in [2.75, 3.05) is 19.5 Å². The maximum Gasteiger partial charge on any atom is 0.182 e. The molecule has 102 valence electrons. The van der Waals surface area contributed by atoms with Gasteiger partial charge < -0.3 is 10.5 Å². The summed E-state index contributed by atoms with van der Waals surface area (Å²) in [7, 11) is 1.67. The van der Waals surface area contributed by atoms with Crippen molar-refractivity contribution in [2.24, 2.45) is 0 Å². The summed E-state index contributed by atoms with van der Waals surface area (Å²) >= 11 is 6.02. The summed E-state index contributed by atoms with van der Waals surface area (Å²) < 4.78 is 6.84. The van der Waals surface area contributed by atoms with Crippen LogP contribution in [0.2, 0.25) is 5.02 Å². The summed E-state index contributed by atoms with van der Waals surface area (Å²) in [5, 5.41) is 12.3. The van der Waals surface area contributed by atoms with E-state index in [1.54, 1.807) is 23.9 Å². The number of rotatable bonds is 5. The van der Waals surface area contributed by atoms with E-state index >= 15 is 0 Å². The van der Waals surface area contributed by atoms with Gasteiger partial charge in [-0.3, -0.25) is 0 Å². The molecule has 7 heteroatoms. The van der Waals surface area contributed by atoms with E-state index in [2.05, 4.69) is 15.5 Å². The van der Waals surface area contributed by atoms with Crippen LogP contribution >= 0.6 is 11.6 Å². The molecule has 0 spiro atoms. The molecule has 1 heterocycles. The van der Waals surface area contributed by atoms with Gasteiger partial charge in [-0.05, 0) is 42.0 Å². The Labute approximate surface area is 116 Å². The number of hydrogen-bond donors (Lipinski definition) is 1. The van der Waals surface area contributed by atoms with Gasteiger partial charge >= 0.3 is 0 Å². The van der Waals surface area contributed by atoms with E-state index in [0.29, 0.717) is 23.1 Å². The van der Waals surface area contributed by atoms with Crippen molar-refractivity contribution in [3.05, 3.63) is 23.2 Å². The zero-order valence-corrected chi connectivity index (χ0v) is 11.6. The van der Waals surface area contributed by atoms with Crippen molar-refractivity contribution in [1.29, 1.82) is 0 Å². The van der Waals surface area contributed by atoms with Gasteiger partial charge in [-0.1, -0.05) is 11.6 Å². The van der Waals surface area contributed by atoms with Gasteiger partial charge in [0.2, 0.25) is 0 Å². The second-order valence-corrected chi connectivity index (χ2v) is 4.72. The SMILES string of the molecule is COCCC(C)n1nnnc1-c1ccc(N)c(Cl)c1. The molecule has 0 aliphatic carbocycles. The lowest BCUT2D eigenvalue weighted by Gasteiger charge is -2.13. The van der Waals surface area contributed by atoms with Crippen LogP contribution in [0.25, 0.3) is 11.4 Å². The molecule has 0 radical (unpaired) electrons. The van der Waals surface area contributed by atoms with Crippen LogP contribution in [0.15, 0.2) is 18.2 Å². The molecule has 0 aliphatic heterocycles. The Hall–Kier alpha value is -1.66. The predicted octanol–water partition coefficient (Wildman–Crippen LogP) is 2.17. The van der Waals surface area contributed by atoms with Gasteiger partial charge in [-0.2, -0.15) is 0 Å². The number of aromatic nitrogens is 4. The summed E-state index contributed by atoms with van der Waals surface area (Å²) in [6.07, 6.45) is 0.831. The second-order valence-electron chi connectivity index (χ2n) is 4.31. The normalized spacial score (nSPS) is 12.6. The van der Waals surface area contributed by atoms with Crippen LogP contribution in [-0.2, 0) is 4.74 Å². The van der Waals surface area contributed by atoms with Crippen molar-refractivity contribution in [3.63, 3.8) is 0 Å². The number of benzene rings is 1. The molecule has 1 unspecified atom stereocenters. The summed E-state index contributed by atoms with van der Waals surface area (Å²) in [5.41, 5.74) is 7.08. The summed E-state index contributed by atoms with van der Waals surface area (Å²) in [5.74, 6) is 0.672. The lowest BCUT2D eigenvalue weighted by molar-refractivity contribution is 0.178. The molecular weight excluding hydrogens is 266 g/mol. The fraction of sp³-hybridized carbons (Fsp3) is 0.417. The lowest BCUT2D eigenvalue weighted by Crippen LogP contribution is -2.11. The number of nitrogen functional groups attached to an aromatic ring is 1. The quantitative estimate of drug-likeness (QED) is 0.850. The number of tetrazole rings is 1. The van der Waals surface area contributed by atoms with Crippen molar-refractivity contribution >= 4 is 17.3 Å². The third-order valence-corrected chi connectivity index (χ3v) is 3.24. The van der Waals surface area contributed by atoms with Crippen LogP contribution in [0.4, 0.5) is 5.69 Å². The third kappa shape index (κ3) is 3.02. The highest BCUT2D eigenvalue weighted by Gasteiger charge is 2.15. The summed E-state index contributed by atoms with van der Waals surface area (Å²) in [6, 6.07) is 5.51. The molecule has 0 amide bonds. The zero-order valence-electron chi connectivity index (χ0n) is 10.9. The molecule has 2 rings (SSSR count). The van der Waals surface area contributed by atoms with E-state index in [1.807, 2.05) is 13.0 Å². The van der Waals surface area contributed by atoms with Crippen molar-refractivity contribution < 1.29 is 4.74 Å². The molecule has 0 saturated heterocycles. The molecule has 1 aromatic carbocycles. The second kappa shape index (κ2) is 5.99. The minimum absolute atomic E-state index is 0.140. The first-order valence-electron chi connectivity index (χ1n) is 5.95. The molecule has 0 bridgehead atoms. The molecule has 1 aromatic heterocycles. The van der Waals surface area contributed by atoms with Crippen molar-refractivity contribution in [3.8, 4) is 11.4 Å². The number of methoxy groups -OCH3 is 1. The largest absolute Gasteiger partial charge is 0.398 e. The number of hydrogen-bond acceptors (Lipinski definition) is 5. The van der Waals surface area contributed by atoms with Gasteiger partial charge in [0.25, 0.3) is 0 Å². The number of nitrogens with two attached hydrogens (primary N) is 1. The number of halogens is 1. The van der Waals surface area contributed by atoms with Gasteiger partial charge in [0, 0.05) is 19.3 Å². The van der Waals surface area contributed by atoms with Crippen LogP contribution in [0.5, 0.6) is 0 Å². The van der Waals surface area contributed by atoms with Crippen LogP contribution in [0.3, 0.4) is 0 Å². The monoisotopic (exact) mass is 281 g/mol. The van der Waals surface area contributed by atoms with Gasteiger partial charge in [0.15, 0.2) is 5.82 Å².